The van der Waals surface area contributed by atoms with Crippen molar-refractivity contribution in [3.05, 3.63) is 35.9 Å². The number of hydrogen-bond donors (Lipinski definition) is 1. The summed E-state index contributed by atoms with van der Waals surface area (Å²) in [6.45, 7) is 2.16. The Morgan fingerprint density at radius 3 is 2.44 bits per heavy atom. The highest BCUT2D eigenvalue weighted by molar-refractivity contribution is 5.16. The van der Waals surface area contributed by atoms with Crippen molar-refractivity contribution in [2.45, 2.75) is 50.7 Å². The van der Waals surface area contributed by atoms with Gasteiger partial charge >= 0.3 is 0 Å². The van der Waals surface area contributed by atoms with Gasteiger partial charge in [-0.1, -0.05) is 49.6 Å². The van der Waals surface area contributed by atoms with Crippen molar-refractivity contribution < 1.29 is 0 Å². The number of nitrogens with zero attached hydrogens (tertiary/aromatic N) is 1. The van der Waals surface area contributed by atoms with Crippen molar-refractivity contribution in [2.75, 3.05) is 6.54 Å². The van der Waals surface area contributed by atoms with E-state index >= 15 is 0 Å². The van der Waals surface area contributed by atoms with Crippen LogP contribution < -0.4 is 5.73 Å². The molecule has 0 amide bonds. The largest absolute Gasteiger partial charge is 0.325 e. The zero-order valence-corrected chi connectivity index (χ0v) is 11.1. The Kier molecular flexibility index (Phi) is 3.67. The van der Waals surface area contributed by atoms with E-state index < -0.39 is 0 Å². The van der Waals surface area contributed by atoms with E-state index in [1.165, 1.54) is 37.7 Å². The molecule has 1 aliphatic heterocycles. The van der Waals surface area contributed by atoms with Crippen molar-refractivity contribution in [3.63, 3.8) is 0 Å². The number of nitrogens with two attached hydrogens (primary N) is 1. The van der Waals surface area contributed by atoms with E-state index in [0.29, 0.717) is 12.1 Å². The number of benzene rings is 1. The van der Waals surface area contributed by atoms with Gasteiger partial charge in [-0.2, -0.15) is 0 Å². The molecule has 1 saturated carbocycles. The van der Waals surface area contributed by atoms with E-state index in [1.807, 2.05) is 0 Å². The Labute approximate surface area is 110 Å². The number of rotatable bonds is 3. The van der Waals surface area contributed by atoms with Gasteiger partial charge in [0.1, 0.15) is 0 Å². The first-order chi connectivity index (χ1) is 8.84. The van der Waals surface area contributed by atoms with Crippen LogP contribution in [-0.2, 0) is 6.54 Å². The Hall–Kier alpha value is -0.860. The predicted molar refractivity (Wildman–Crippen MR) is 75.2 cm³/mol. The molecule has 2 nitrogen and oxygen atoms in total. The van der Waals surface area contributed by atoms with E-state index in [0.717, 1.165) is 19.0 Å². The van der Waals surface area contributed by atoms with Gasteiger partial charge in [-0.3, -0.25) is 4.90 Å². The van der Waals surface area contributed by atoms with E-state index in [4.69, 9.17) is 5.73 Å². The maximum Gasteiger partial charge on any atom is 0.0329 e. The summed E-state index contributed by atoms with van der Waals surface area (Å²) < 4.78 is 0. The molecule has 2 aliphatic rings. The van der Waals surface area contributed by atoms with Gasteiger partial charge in [0, 0.05) is 25.2 Å². The molecular formula is C16H24N2. The lowest BCUT2D eigenvalue weighted by atomic mass is 9.76. The normalized spacial score (nSPS) is 30.1. The molecule has 2 fully saturated rings. The maximum absolute atomic E-state index is 6.26. The van der Waals surface area contributed by atoms with Crippen molar-refractivity contribution >= 4 is 0 Å². The van der Waals surface area contributed by atoms with Crippen LogP contribution >= 0.6 is 0 Å². The van der Waals surface area contributed by atoms with Crippen molar-refractivity contribution in [3.8, 4) is 0 Å². The lowest BCUT2D eigenvalue weighted by molar-refractivity contribution is 0.000794. The summed E-state index contributed by atoms with van der Waals surface area (Å²) in [4.78, 5) is 2.59. The van der Waals surface area contributed by atoms with Crippen LogP contribution in [0.15, 0.2) is 30.3 Å². The van der Waals surface area contributed by atoms with Crippen molar-refractivity contribution in [2.24, 2.45) is 11.7 Å². The summed E-state index contributed by atoms with van der Waals surface area (Å²) in [5, 5.41) is 0. The van der Waals surface area contributed by atoms with Crippen molar-refractivity contribution in [1.82, 2.24) is 4.90 Å². The molecule has 98 valence electrons. The van der Waals surface area contributed by atoms with Gasteiger partial charge in [-0.05, 0) is 24.3 Å². The Morgan fingerprint density at radius 2 is 1.78 bits per heavy atom. The van der Waals surface area contributed by atoms with Crippen LogP contribution in [-0.4, -0.2) is 23.5 Å². The van der Waals surface area contributed by atoms with Crippen LogP contribution in [0, 0.1) is 5.92 Å². The summed E-state index contributed by atoms with van der Waals surface area (Å²) in [6.07, 6.45) is 7.03. The maximum atomic E-state index is 6.26. The lowest BCUT2D eigenvalue weighted by Crippen LogP contribution is -2.66. The summed E-state index contributed by atoms with van der Waals surface area (Å²) in [5.41, 5.74) is 7.68. The van der Waals surface area contributed by atoms with Crippen molar-refractivity contribution in [1.29, 1.82) is 0 Å². The molecule has 0 spiro atoms. The van der Waals surface area contributed by atoms with Crippen LogP contribution in [0.3, 0.4) is 0 Å². The molecule has 2 unspecified atom stereocenters. The highest BCUT2D eigenvalue weighted by atomic mass is 15.3. The first kappa shape index (κ1) is 12.2. The predicted octanol–water partition coefficient (Wildman–Crippen LogP) is 2.78. The molecule has 1 aliphatic carbocycles. The van der Waals surface area contributed by atoms with Gasteiger partial charge in [-0.15, -0.1) is 0 Å². The number of likely N-dealkylation sites (tertiary alicyclic amines) is 1. The third kappa shape index (κ3) is 2.45. The molecular weight excluding hydrogens is 220 g/mol. The monoisotopic (exact) mass is 244 g/mol. The first-order valence-corrected chi connectivity index (χ1v) is 7.38. The van der Waals surface area contributed by atoms with E-state index in [2.05, 4.69) is 35.2 Å². The molecule has 2 N–H and O–H groups in total. The van der Waals surface area contributed by atoms with Gasteiger partial charge in [0.15, 0.2) is 0 Å². The van der Waals surface area contributed by atoms with Gasteiger partial charge in [0.05, 0.1) is 0 Å². The molecule has 1 saturated heterocycles. The van der Waals surface area contributed by atoms with Crippen LogP contribution in [0.25, 0.3) is 0 Å². The highest BCUT2D eigenvalue weighted by Crippen LogP contribution is 2.35. The van der Waals surface area contributed by atoms with Crippen LogP contribution in [0.4, 0.5) is 0 Å². The van der Waals surface area contributed by atoms with Crippen LogP contribution in [0.2, 0.25) is 0 Å². The Morgan fingerprint density at radius 1 is 1.06 bits per heavy atom. The fourth-order valence-corrected chi connectivity index (χ4v) is 3.74. The fourth-order valence-electron chi connectivity index (χ4n) is 3.74. The topological polar surface area (TPSA) is 29.3 Å². The average Bonchev–Trinajstić information content (AvgIpc) is 2.40. The third-order valence-corrected chi connectivity index (χ3v) is 4.67. The summed E-state index contributed by atoms with van der Waals surface area (Å²) in [5.74, 6) is 0.853. The fraction of sp³-hybridized carbons (Fsp3) is 0.625. The van der Waals surface area contributed by atoms with Crippen LogP contribution in [0.1, 0.15) is 37.7 Å². The van der Waals surface area contributed by atoms with E-state index in [9.17, 15) is 0 Å². The minimum Gasteiger partial charge on any atom is -0.325 e. The minimum atomic E-state index is 0.414. The average molecular weight is 244 g/mol. The molecule has 2 heteroatoms. The second-order valence-corrected chi connectivity index (χ2v) is 5.97. The first-order valence-electron chi connectivity index (χ1n) is 7.38. The molecule has 0 radical (unpaired) electrons. The van der Waals surface area contributed by atoms with E-state index in [-0.39, 0.29) is 0 Å². The molecule has 3 rings (SSSR count). The summed E-state index contributed by atoms with van der Waals surface area (Å²) in [6, 6.07) is 11.9. The Bertz CT molecular complexity index is 370. The molecule has 1 heterocycles. The quantitative estimate of drug-likeness (QED) is 0.886. The van der Waals surface area contributed by atoms with Gasteiger partial charge in [0.2, 0.25) is 0 Å². The van der Waals surface area contributed by atoms with Gasteiger partial charge in [-0.25, -0.2) is 0 Å². The standard InChI is InChI=1S/C16H24N2/c17-15-12-18(11-13-7-3-1-4-8-13)16(15)14-9-5-2-6-10-14/h1,3-4,7-8,14-16H,2,5-6,9-12,17H2. The van der Waals surface area contributed by atoms with Gasteiger partial charge < -0.3 is 5.73 Å². The molecule has 18 heavy (non-hydrogen) atoms. The summed E-state index contributed by atoms with van der Waals surface area (Å²) in [7, 11) is 0. The van der Waals surface area contributed by atoms with E-state index in [1.54, 1.807) is 0 Å². The second-order valence-electron chi connectivity index (χ2n) is 5.97. The smallest absolute Gasteiger partial charge is 0.0329 e. The second kappa shape index (κ2) is 5.41. The highest BCUT2D eigenvalue weighted by Gasteiger charge is 2.41. The minimum absolute atomic E-state index is 0.414. The molecule has 1 aromatic rings. The molecule has 1 aromatic carbocycles. The summed E-state index contributed by atoms with van der Waals surface area (Å²) >= 11 is 0. The number of hydrogen-bond acceptors (Lipinski definition) is 2. The van der Waals surface area contributed by atoms with Gasteiger partial charge in [0.25, 0.3) is 0 Å². The zero-order chi connectivity index (χ0) is 12.4. The van der Waals surface area contributed by atoms with Crippen LogP contribution in [0.5, 0.6) is 0 Å². The Balaban J connectivity index is 1.62. The molecule has 2 atom stereocenters. The lowest BCUT2D eigenvalue weighted by Gasteiger charge is -2.51. The molecule has 0 bridgehead atoms. The SMILES string of the molecule is NC1CN(Cc2ccccc2)C1C1CCCCC1. The third-order valence-electron chi connectivity index (χ3n) is 4.67. The molecule has 0 aromatic heterocycles. The zero-order valence-electron chi connectivity index (χ0n) is 11.1.